The average Bonchev–Trinajstić information content (AvgIpc) is 3.51. The molecule has 0 spiro atoms. The molecule has 0 bridgehead atoms. The minimum Gasteiger partial charge on any atom is -0.388 e. The lowest BCUT2D eigenvalue weighted by molar-refractivity contribution is 0.0812. The standard InChI is InChI=1S/C25H27N3O2S/c1-17-6-4-3-5-7-22-19(16-23(31-22)24(29)27-21-12-13-21)14-15-28(17)25(30)18-8-10-20(26-2)11-9-18/h3-6,8-11,16,21,26H,1,7,12-15H2,2H3,(H,27,29)/b5-3-,6-4-. The quantitative estimate of drug-likeness (QED) is 0.744. The van der Waals surface area contributed by atoms with Gasteiger partial charge in [-0.2, -0.15) is 0 Å². The van der Waals surface area contributed by atoms with E-state index in [-0.39, 0.29) is 11.8 Å². The molecule has 1 aromatic heterocycles. The van der Waals surface area contributed by atoms with Crippen LogP contribution in [0.4, 0.5) is 5.69 Å². The molecular formula is C25H27N3O2S. The Kier molecular flexibility index (Phi) is 6.37. The van der Waals surface area contributed by atoms with Gasteiger partial charge in [0.05, 0.1) is 4.88 Å². The van der Waals surface area contributed by atoms with Crippen molar-refractivity contribution in [1.29, 1.82) is 0 Å². The molecule has 2 aliphatic rings. The first kappa shape index (κ1) is 21.1. The molecule has 1 aromatic carbocycles. The first-order valence-corrected chi connectivity index (χ1v) is 11.4. The fraction of sp³-hybridized carbons (Fsp3) is 0.280. The van der Waals surface area contributed by atoms with Gasteiger partial charge in [0, 0.05) is 47.9 Å². The maximum atomic E-state index is 13.2. The van der Waals surface area contributed by atoms with Crippen LogP contribution in [0.15, 0.2) is 66.9 Å². The molecule has 2 amide bonds. The molecular weight excluding hydrogens is 406 g/mol. The molecule has 2 heterocycles. The van der Waals surface area contributed by atoms with E-state index in [1.54, 1.807) is 16.2 Å². The lowest BCUT2D eigenvalue weighted by Gasteiger charge is -2.23. The van der Waals surface area contributed by atoms with Crippen molar-refractivity contribution in [2.45, 2.75) is 31.7 Å². The zero-order valence-electron chi connectivity index (χ0n) is 17.7. The molecule has 4 rings (SSSR count). The van der Waals surface area contributed by atoms with E-state index in [2.05, 4.69) is 23.3 Å². The number of rotatable bonds is 4. The zero-order valence-corrected chi connectivity index (χ0v) is 18.5. The highest BCUT2D eigenvalue weighted by atomic mass is 32.1. The summed E-state index contributed by atoms with van der Waals surface area (Å²) in [7, 11) is 1.85. The zero-order chi connectivity index (χ0) is 21.8. The Balaban J connectivity index is 1.57. The maximum absolute atomic E-state index is 13.2. The first-order valence-electron chi connectivity index (χ1n) is 10.6. The van der Waals surface area contributed by atoms with E-state index < -0.39 is 0 Å². The van der Waals surface area contributed by atoms with Crippen LogP contribution in [-0.2, 0) is 12.8 Å². The lowest BCUT2D eigenvalue weighted by atomic mass is 10.1. The molecule has 1 aliphatic heterocycles. The van der Waals surface area contributed by atoms with Crippen LogP contribution in [-0.4, -0.2) is 36.3 Å². The van der Waals surface area contributed by atoms with Crippen molar-refractivity contribution in [2.75, 3.05) is 18.9 Å². The number of carbonyl (C=O) groups excluding carboxylic acids is 2. The fourth-order valence-corrected chi connectivity index (χ4v) is 4.59. The van der Waals surface area contributed by atoms with E-state index in [9.17, 15) is 9.59 Å². The minimum absolute atomic E-state index is 0.0120. The SMILES string of the molecule is C=C1/C=C\C=C/Cc2sc(C(=O)NC3CC3)cc2CCN1C(=O)c1ccc(NC)cc1. The third kappa shape index (κ3) is 5.14. The maximum Gasteiger partial charge on any atom is 0.261 e. The Hall–Kier alpha value is -3.12. The predicted molar refractivity (Wildman–Crippen MR) is 127 cm³/mol. The topological polar surface area (TPSA) is 61.4 Å². The van der Waals surface area contributed by atoms with Gasteiger partial charge in [-0.05, 0) is 61.2 Å². The summed E-state index contributed by atoms with van der Waals surface area (Å²) in [6.07, 6.45) is 11.4. The van der Waals surface area contributed by atoms with Crippen LogP contribution in [0.25, 0.3) is 0 Å². The highest BCUT2D eigenvalue weighted by Gasteiger charge is 2.25. The number of thiophene rings is 1. The number of amides is 2. The van der Waals surface area contributed by atoms with E-state index in [0.717, 1.165) is 35.4 Å². The average molecular weight is 434 g/mol. The molecule has 1 saturated carbocycles. The highest BCUT2D eigenvalue weighted by molar-refractivity contribution is 7.14. The Labute approximate surface area is 187 Å². The second-order valence-electron chi connectivity index (χ2n) is 7.82. The molecule has 0 radical (unpaired) electrons. The molecule has 0 atom stereocenters. The van der Waals surface area contributed by atoms with Crippen LogP contribution < -0.4 is 10.6 Å². The molecule has 2 aromatic rings. The largest absolute Gasteiger partial charge is 0.388 e. The monoisotopic (exact) mass is 433 g/mol. The molecule has 31 heavy (non-hydrogen) atoms. The van der Waals surface area contributed by atoms with Gasteiger partial charge in [0.1, 0.15) is 0 Å². The van der Waals surface area contributed by atoms with E-state index >= 15 is 0 Å². The van der Waals surface area contributed by atoms with E-state index in [0.29, 0.717) is 30.3 Å². The molecule has 1 aliphatic carbocycles. The van der Waals surface area contributed by atoms with Crippen LogP contribution in [0.5, 0.6) is 0 Å². The summed E-state index contributed by atoms with van der Waals surface area (Å²) in [6, 6.07) is 9.76. The number of carbonyl (C=O) groups is 2. The van der Waals surface area contributed by atoms with Crippen molar-refractivity contribution in [1.82, 2.24) is 10.2 Å². The summed E-state index contributed by atoms with van der Waals surface area (Å²) in [4.78, 5) is 29.4. The van der Waals surface area contributed by atoms with Crippen molar-refractivity contribution in [2.24, 2.45) is 0 Å². The molecule has 0 unspecified atom stereocenters. The Bertz CT molecular complexity index is 1050. The third-order valence-electron chi connectivity index (χ3n) is 5.49. The van der Waals surface area contributed by atoms with Gasteiger partial charge in [0.25, 0.3) is 11.8 Å². The van der Waals surface area contributed by atoms with Gasteiger partial charge in [-0.1, -0.05) is 24.8 Å². The number of nitrogens with one attached hydrogen (secondary N) is 2. The van der Waals surface area contributed by atoms with Crippen molar-refractivity contribution >= 4 is 28.8 Å². The molecule has 0 saturated heterocycles. The number of nitrogens with zero attached hydrogens (tertiary/aromatic N) is 1. The first-order chi connectivity index (χ1) is 15.0. The molecule has 1 fully saturated rings. The van der Waals surface area contributed by atoms with E-state index in [1.165, 1.54) is 4.88 Å². The normalized spacial score (nSPS) is 18.5. The minimum atomic E-state index is -0.0796. The highest BCUT2D eigenvalue weighted by Crippen LogP contribution is 2.27. The van der Waals surface area contributed by atoms with Crippen LogP contribution in [0.3, 0.4) is 0 Å². The lowest BCUT2D eigenvalue weighted by Crippen LogP contribution is -2.31. The van der Waals surface area contributed by atoms with Crippen LogP contribution in [0, 0.1) is 0 Å². The third-order valence-corrected chi connectivity index (χ3v) is 6.69. The molecule has 6 heteroatoms. The molecule has 160 valence electrons. The number of benzene rings is 1. The van der Waals surface area contributed by atoms with Gasteiger partial charge in [0.15, 0.2) is 0 Å². The van der Waals surface area contributed by atoms with Crippen molar-refractivity contribution in [3.63, 3.8) is 0 Å². The Morgan fingerprint density at radius 2 is 1.94 bits per heavy atom. The van der Waals surface area contributed by atoms with Gasteiger partial charge >= 0.3 is 0 Å². The van der Waals surface area contributed by atoms with E-state index in [1.807, 2.05) is 55.6 Å². The fourth-order valence-electron chi connectivity index (χ4n) is 3.50. The number of anilines is 1. The molecule has 2 N–H and O–H groups in total. The summed E-state index contributed by atoms with van der Waals surface area (Å²) in [5, 5.41) is 6.14. The van der Waals surface area contributed by atoms with Gasteiger partial charge in [-0.25, -0.2) is 0 Å². The molecule has 5 nitrogen and oxygen atoms in total. The summed E-state index contributed by atoms with van der Waals surface area (Å²) in [5.41, 5.74) is 3.35. The summed E-state index contributed by atoms with van der Waals surface area (Å²) in [5.74, 6) is -0.0676. The number of hydrogen-bond donors (Lipinski definition) is 2. The van der Waals surface area contributed by atoms with E-state index in [4.69, 9.17) is 0 Å². The van der Waals surface area contributed by atoms with Gasteiger partial charge in [-0.15, -0.1) is 11.3 Å². The van der Waals surface area contributed by atoms with Crippen molar-refractivity contribution in [3.05, 3.63) is 87.8 Å². The number of hydrogen-bond acceptors (Lipinski definition) is 4. The van der Waals surface area contributed by atoms with Crippen LogP contribution in [0.2, 0.25) is 0 Å². The second-order valence-corrected chi connectivity index (χ2v) is 8.96. The smallest absolute Gasteiger partial charge is 0.261 e. The van der Waals surface area contributed by atoms with Gasteiger partial charge < -0.3 is 15.5 Å². The predicted octanol–water partition coefficient (Wildman–Crippen LogP) is 4.55. The Morgan fingerprint density at radius 3 is 2.65 bits per heavy atom. The number of fused-ring (bicyclic) bond motifs is 1. The summed E-state index contributed by atoms with van der Waals surface area (Å²) in [6.45, 7) is 4.62. The number of allylic oxidation sites excluding steroid dienone is 4. The van der Waals surface area contributed by atoms with Gasteiger partial charge in [0.2, 0.25) is 0 Å². The summed E-state index contributed by atoms with van der Waals surface area (Å²) >= 11 is 1.55. The van der Waals surface area contributed by atoms with Crippen molar-refractivity contribution in [3.8, 4) is 0 Å². The van der Waals surface area contributed by atoms with Crippen LogP contribution in [0.1, 0.15) is 43.3 Å². The van der Waals surface area contributed by atoms with Crippen molar-refractivity contribution < 1.29 is 9.59 Å². The van der Waals surface area contributed by atoms with Gasteiger partial charge in [-0.3, -0.25) is 9.59 Å². The van der Waals surface area contributed by atoms with Crippen LogP contribution >= 0.6 is 11.3 Å². The summed E-state index contributed by atoms with van der Waals surface area (Å²) < 4.78 is 0. The Morgan fingerprint density at radius 1 is 1.16 bits per heavy atom. The second kappa shape index (κ2) is 9.35.